The Kier molecular flexibility index (Phi) is 6.47. The zero-order valence-electron chi connectivity index (χ0n) is 16.0. The minimum Gasteiger partial charge on any atom is -0.455 e. The molecule has 1 aromatic heterocycles. The van der Waals surface area contributed by atoms with Crippen molar-refractivity contribution in [2.45, 2.75) is 57.6 Å². The van der Waals surface area contributed by atoms with Crippen LogP contribution in [0.5, 0.6) is 0 Å². The molecule has 1 N–H and O–H groups in total. The van der Waals surface area contributed by atoms with Gasteiger partial charge >= 0.3 is 0 Å². The molecule has 1 saturated carbocycles. The van der Waals surface area contributed by atoms with E-state index in [0.717, 1.165) is 23.7 Å². The number of carbonyl (C=O) groups is 1. The molecule has 0 bridgehead atoms. The van der Waals surface area contributed by atoms with Gasteiger partial charge in [-0.25, -0.2) is 0 Å². The van der Waals surface area contributed by atoms with Gasteiger partial charge in [0.05, 0.1) is 5.75 Å². The van der Waals surface area contributed by atoms with E-state index >= 15 is 0 Å². The Balaban J connectivity index is 1.50. The first kappa shape index (κ1) is 19.1. The van der Waals surface area contributed by atoms with Crippen molar-refractivity contribution < 1.29 is 9.21 Å². The first-order valence-electron chi connectivity index (χ1n) is 9.56. The number of thioether (sulfide) groups is 1. The molecule has 1 amide bonds. The quantitative estimate of drug-likeness (QED) is 0.721. The minimum atomic E-state index is -0.0779. The van der Waals surface area contributed by atoms with Gasteiger partial charge < -0.3 is 9.73 Å². The van der Waals surface area contributed by atoms with Gasteiger partial charge in [-0.1, -0.05) is 56.5 Å². The van der Waals surface area contributed by atoms with Crippen LogP contribution in [-0.4, -0.2) is 11.9 Å². The van der Waals surface area contributed by atoms with E-state index in [1.165, 1.54) is 24.0 Å². The van der Waals surface area contributed by atoms with Crippen molar-refractivity contribution in [1.29, 1.82) is 0 Å². The Hall–Kier alpha value is -1.68. The second kappa shape index (κ2) is 8.81. The summed E-state index contributed by atoms with van der Waals surface area (Å²) in [6.07, 6.45) is 3.52. The molecular weight excluding hydrogens is 342 g/mol. The molecule has 3 atom stereocenters. The first-order valence-corrected chi connectivity index (χ1v) is 10.7. The lowest BCUT2D eigenvalue weighted by Crippen LogP contribution is -2.43. The summed E-state index contributed by atoms with van der Waals surface area (Å²) in [5.41, 5.74) is 2.60. The molecule has 26 heavy (non-hydrogen) atoms. The molecule has 1 aromatic carbocycles. The SMILES string of the molecule is Cc1cccc(CSCc2ccc(C(=O)N[C@@H]3CCC[C@@H](C)[C@H]3C)o2)c1. The molecule has 3 rings (SSSR count). The van der Waals surface area contributed by atoms with Crippen LogP contribution in [0.15, 0.2) is 40.8 Å². The van der Waals surface area contributed by atoms with Crippen molar-refractivity contribution >= 4 is 17.7 Å². The van der Waals surface area contributed by atoms with Gasteiger partial charge in [0.15, 0.2) is 5.76 Å². The molecule has 0 aliphatic heterocycles. The van der Waals surface area contributed by atoms with E-state index in [-0.39, 0.29) is 11.9 Å². The van der Waals surface area contributed by atoms with Gasteiger partial charge in [0.25, 0.3) is 5.91 Å². The summed E-state index contributed by atoms with van der Waals surface area (Å²) >= 11 is 1.80. The smallest absolute Gasteiger partial charge is 0.287 e. The third-order valence-corrected chi connectivity index (χ3v) is 6.53. The Morgan fingerprint density at radius 3 is 2.85 bits per heavy atom. The summed E-state index contributed by atoms with van der Waals surface area (Å²) in [5.74, 6) is 4.12. The topological polar surface area (TPSA) is 42.2 Å². The van der Waals surface area contributed by atoms with Crippen LogP contribution in [-0.2, 0) is 11.5 Å². The van der Waals surface area contributed by atoms with Gasteiger partial charge in [0, 0.05) is 11.8 Å². The van der Waals surface area contributed by atoms with E-state index in [2.05, 4.69) is 50.4 Å². The lowest BCUT2D eigenvalue weighted by Gasteiger charge is -2.34. The van der Waals surface area contributed by atoms with E-state index in [0.29, 0.717) is 17.6 Å². The molecule has 3 nitrogen and oxygen atoms in total. The highest BCUT2D eigenvalue weighted by molar-refractivity contribution is 7.97. The second-order valence-corrected chi connectivity index (χ2v) is 8.58. The standard InChI is InChI=1S/C22H29NO2S/c1-15-6-4-8-18(12-15)13-26-14-19-10-11-21(25-19)22(24)23-20-9-5-7-16(2)17(20)3/h4,6,8,10-12,16-17,20H,5,7,9,13-14H2,1-3H3,(H,23,24)/t16-,17-,20-/m1/s1. The molecule has 0 spiro atoms. The predicted octanol–water partition coefficient (Wildman–Crippen LogP) is 5.58. The van der Waals surface area contributed by atoms with Crippen LogP contribution in [0.2, 0.25) is 0 Å². The largest absolute Gasteiger partial charge is 0.455 e. The number of aryl methyl sites for hydroxylation is 1. The molecule has 1 aliphatic rings. The van der Waals surface area contributed by atoms with E-state index in [1.807, 2.05) is 6.07 Å². The van der Waals surface area contributed by atoms with Gasteiger partial charge in [0.2, 0.25) is 0 Å². The number of amides is 1. The Bertz CT molecular complexity index is 739. The monoisotopic (exact) mass is 371 g/mol. The average molecular weight is 372 g/mol. The highest BCUT2D eigenvalue weighted by atomic mass is 32.2. The van der Waals surface area contributed by atoms with Gasteiger partial charge in [-0.2, -0.15) is 0 Å². The minimum absolute atomic E-state index is 0.0779. The molecule has 0 radical (unpaired) electrons. The Labute approximate surface area is 160 Å². The van der Waals surface area contributed by atoms with E-state index in [4.69, 9.17) is 4.42 Å². The fraction of sp³-hybridized carbons (Fsp3) is 0.500. The molecule has 1 heterocycles. The van der Waals surface area contributed by atoms with Crippen molar-refractivity contribution in [3.63, 3.8) is 0 Å². The predicted molar refractivity (Wildman–Crippen MR) is 108 cm³/mol. The van der Waals surface area contributed by atoms with Crippen LogP contribution in [0.3, 0.4) is 0 Å². The number of benzene rings is 1. The van der Waals surface area contributed by atoms with Crippen LogP contribution in [0.1, 0.15) is 60.6 Å². The van der Waals surface area contributed by atoms with Gasteiger partial charge in [0.1, 0.15) is 5.76 Å². The highest BCUT2D eigenvalue weighted by Crippen LogP contribution is 2.29. The molecule has 0 unspecified atom stereocenters. The summed E-state index contributed by atoms with van der Waals surface area (Å²) in [4.78, 5) is 12.5. The van der Waals surface area contributed by atoms with Crippen LogP contribution in [0, 0.1) is 18.8 Å². The van der Waals surface area contributed by atoms with Crippen LogP contribution >= 0.6 is 11.8 Å². The molecular formula is C22H29NO2S. The molecule has 2 aromatic rings. The number of nitrogens with one attached hydrogen (secondary N) is 1. The molecule has 1 aliphatic carbocycles. The van der Waals surface area contributed by atoms with Gasteiger partial charge in [-0.05, 0) is 42.9 Å². The summed E-state index contributed by atoms with van der Waals surface area (Å²) in [6.45, 7) is 6.63. The van der Waals surface area contributed by atoms with E-state index < -0.39 is 0 Å². The van der Waals surface area contributed by atoms with Crippen LogP contribution in [0.4, 0.5) is 0 Å². The molecule has 1 fully saturated rings. The van der Waals surface area contributed by atoms with Gasteiger partial charge in [-0.3, -0.25) is 4.79 Å². The van der Waals surface area contributed by atoms with Crippen molar-refractivity contribution in [1.82, 2.24) is 5.32 Å². The van der Waals surface area contributed by atoms with Crippen molar-refractivity contribution in [3.05, 3.63) is 59.0 Å². The summed E-state index contributed by atoms with van der Waals surface area (Å²) < 4.78 is 5.78. The Morgan fingerprint density at radius 1 is 1.19 bits per heavy atom. The number of hydrogen-bond donors (Lipinski definition) is 1. The maximum atomic E-state index is 12.5. The third kappa shape index (κ3) is 4.94. The number of furan rings is 1. The zero-order valence-corrected chi connectivity index (χ0v) is 16.8. The molecule has 4 heteroatoms. The summed E-state index contributed by atoms with van der Waals surface area (Å²) in [5, 5.41) is 3.18. The normalized spacial score (nSPS) is 23.0. The highest BCUT2D eigenvalue weighted by Gasteiger charge is 2.29. The maximum Gasteiger partial charge on any atom is 0.287 e. The van der Waals surface area contributed by atoms with Crippen LogP contribution < -0.4 is 5.32 Å². The van der Waals surface area contributed by atoms with E-state index in [1.54, 1.807) is 17.8 Å². The van der Waals surface area contributed by atoms with Crippen molar-refractivity contribution in [2.24, 2.45) is 11.8 Å². The zero-order chi connectivity index (χ0) is 18.5. The first-order chi connectivity index (χ1) is 12.5. The maximum absolute atomic E-state index is 12.5. The number of hydrogen-bond acceptors (Lipinski definition) is 3. The number of carbonyl (C=O) groups excluding carboxylic acids is 1. The summed E-state index contributed by atoms with van der Waals surface area (Å²) in [6, 6.07) is 12.5. The second-order valence-electron chi connectivity index (χ2n) is 7.60. The Morgan fingerprint density at radius 2 is 2.04 bits per heavy atom. The van der Waals surface area contributed by atoms with Crippen molar-refractivity contribution in [3.8, 4) is 0 Å². The summed E-state index contributed by atoms with van der Waals surface area (Å²) in [7, 11) is 0. The molecule has 140 valence electrons. The number of rotatable bonds is 6. The van der Waals surface area contributed by atoms with Crippen molar-refractivity contribution in [2.75, 3.05) is 0 Å². The van der Waals surface area contributed by atoms with E-state index in [9.17, 15) is 4.79 Å². The fourth-order valence-electron chi connectivity index (χ4n) is 3.67. The third-order valence-electron chi connectivity index (χ3n) is 5.50. The fourth-order valence-corrected chi connectivity index (χ4v) is 4.55. The average Bonchev–Trinajstić information content (AvgIpc) is 3.08. The lowest BCUT2D eigenvalue weighted by molar-refractivity contribution is 0.0861. The molecule has 0 saturated heterocycles. The lowest BCUT2D eigenvalue weighted by atomic mass is 9.78. The van der Waals surface area contributed by atoms with Crippen LogP contribution in [0.25, 0.3) is 0 Å². The van der Waals surface area contributed by atoms with Gasteiger partial charge in [-0.15, -0.1) is 11.8 Å².